The van der Waals surface area contributed by atoms with Crippen LogP contribution in [-0.2, 0) is 0 Å². The Morgan fingerprint density at radius 1 is 1.00 bits per heavy atom. The Kier molecular flexibility index (Phi) is 5.69. The Balaban J connectivity index is 1.61. The summed E-state index contributed by atoms with van der Waals surface area (Å²) in [6.45, 7) is 3.35. The number of hydrogen-bond acceptors (Lipinski definition) is 3. The maximum atomic E-state index is 14.1. The second-order valence-electron chi connectivity index (χ2n) is 8.72. The van der Waals surface area contributed by atoms with E-state index < -0.39 is 18.3 Å². The van der Waals surface area contributed by atoms with Crippen LogP contribution in [0.4, 0.5) is 18.9 Å². The van der Waals surface area contributed by atoms with Crippen molar-refractivity contribution in [2.75, 3.05) is 11.9 Å². The minimum absolute atomic E-state index is 0.316. The Bertz CT molecular complexity index is 1080. The van der Waals surface area contributed by atoms with E-state index in [1.165, 1.54) is 0 Å². The molecule has 1 aliphatic rings. The van der Waals surface area contributed by atoms with Gasteiger partial charge in [-0.15, -0.1) is 0 Å². The number of nitrogens with one attached hydrogen (secondary N) is 1. The number of nitrogens with zero attached hydrogens (tertiary/aromatic N) is 1. The lowest BCUT2D eigenvalue weighted by Gasteiger charge is -2.37. The highest BCUT2D eigenvalue weighted by atomic mass is 19.4. The summed E-state index contributed by atoms with van der Waals surface area (Å²) in [5.74, 6) is -0.0196. The SMILES string of the molecule is Cc1ccc2c(NCC(O)(CC3CCC(C)c4ccccc43)C(F)(F)F)cccc2n1. The average molecular weight is 428 g/mol. The van der Waals surface area contributed by atoms with Crippen LogP contribution in [0, 0.1) is 6.92 Å². The second kappa shape index (κ2) is 8.15. The van der Waals surface area contributed by atoms with E-state index in [2.05, 4.69) is 17.2 Å². The smallest absolute Gasteiger partial charge is 0.381 e. The molecule has 1 aromatic heterocycles. The molecule has 3 aromatic rings. The van der Waals surface area contributed by atoms with Crippen LogP contribution in [0.2, 0.25) is 0 Å². The Morgan fingerprint density at radius 3 is 2.48 bits per heavy atom. The Hall–Kier alpha value is -2.60. The Labute approximate surface area is 180 Å². The van der Waals surface area contributed by atoms with Gasteiger partial charge < -0.3 is 10.4 Å². The fraction of sp³-hybridized carbons (Fsp3) is 0.400. The number of aryl methyl sites for hydroxylation is 1. The van der Waals surface area contributed by atoms with Crippen molar-refractivity contribution in [3.05, 3.63) is 71.4 Å². The van der Waals surface area contributed by atoms with Crippen LogP contribution in [-0.4, -0.2) is 28.4 Å². The molecule has 31 heavy (non-hydrogen) atoms. The van der Waals surface area contributed by atoms with Gasteiger partial charge in [0.2, 0.25) is 0 Å². The molecule has 1 aliphatic carbocycles. The summed E-state index contributed by atoms with van der Waals surface area (Å²) in [5, 5.41) is 14.5. The van der Waals surface area contributed by atoms with Gasteiger partial charge in [-0.25, -0.2) is 0 Å². The van der Waals surface area contributed by atoms with Crippen molar-refractivity contribution in [2.45, 2.75) is 56.7 Å². The standard InChI is InChI=1S/C25H27F3N2O/c1-16-10-12-18(20-7-4-3-6-19(16)20)14-24(31,25(26,27)28)15-29-22-8-5-9-23-21(22)13-11-17(2)30-23/h3-9,11,13,16,18,29,31H,10,12,14-15H2,1-2H3. The lowest BCUT2D eigenvalue weighted by Crippen LogP contribution is -2.51. The van der Waals surface area contributed by atoms with Gasteiger partial charge in [0.1, 0.15) is 0 Å². The van der Waals surface area contributed by atoms with Gasteiger partial charge in [0.25, 0.3) is 0 Å². The van der Waals surface area contributed by atoms with E-state index in [-0.39, 0.29) is 12.3 Å². The van der Waals surface area contributed by atoms with Crippen LogP contribution < -0.4 is 5.32 Å². The monoisotopic (exact) mass is 428 g/mol. The zero-order valence-electron chi connectivity index (χ0n) is 17.7. The summed E-state index contributed by atoms with van der Waals surface area (Å²) in [7, 11) is 0. The molecule has 4 rings (SSSR count). The van der Waals surface area contributed by atoms with Gasteiger partial charge in [-0.3, -0.25) is 4.98 Å². The lowest BCUT2D eigenvalue weighted by atomic mass is 9.73. The molecule has 1 heterocycles. The quantitative estimate of drug-likeness (QED) is 0.500. The number of halogens is 3. The number of aliphatic hydroxyl groups is 1. The van der Waals surface area contributed by atoms with Gasteiger partial charge in [-0.1, -0.05) is 37.3 Å². The van der Waals surface area contributed by atoms with Crippen LogP contribution >= 0.6 is 0 Å². The minimum atomic E-state index is -4.75. The highest BCUT2D eigenvalue weighted by Crippen LogP contribution is 2.45. The molecule has 0 saturated carbocycles. The lowest BCUT2D eigenvalue weighted by molar-refractivity contribution is -0.258. The van der Waals surface area contributed by atoms with Gasteiger partial charge in [0, 0.05) is 16.8 Å². The molecular formula is C25H27F3N2O. The third-order valence-electron chi connectivity index (χ3n) is 6.47. The normalized spacial score (nSPS) is 20.8. The molecule has 3 unspecified atom stereocenters. The number of fused-ring (bicyclic) bond motifs is 2. The average Bonchev–Trinajstić information content (AvgIpc) is 2.73. The van der Waals surface area contributed by atoms with E-state index in [9.17, 15) is 18.3 Å². The molecule has 0 saturated heterocycles. The second-order valence-corrected chi connectivity index (χ2v) is 8.72. The molecule has 0 radical (unpaired) electrons. The van der Waals surface area contributed by atoms with E-state index in [0.717, 1.165) is 28.6 Å². The molecule has 164 valence electrons. The van der Waals surface area contributed by atoms with Crippen molar-refractivity contribution in [1.82, 2.24) is 4.98 Å². The van der Waals surface area contributed by atoms with Crippen molar-refractivity contribution >= 4 is 16.6 Å². The topological polar surface area (TPSA) is 45.1 Å². The van der Waals surface area contributed by atoms with Crippen molar-refractivity contribution in [1.29, 1.82) is 0 Å². The number of aromatic nitrogens is 1. The van der Waals surface area contributed by atoms with Gasteiger partial charge in [0.15, 0.2) is 5.60 Å². The maximum Gasteiger partial charge on any atom is 0.418 e. The van der Waals surface area contributed by atoms with Crippen LogP contribution in [0.25, 0.3) is 10.9 Å². The van der Waals surface area contributed by atoms with Crippen LogP contribution in [0.15, 0.2) is 54.6 Å². The summed E-state index contributed by atoms with van der Waals surface area (Å²) in [5.41, 5.74) is 1.24. The molecule has 0 bridgehead atoms. The van der Waals surface area contributed by atoms with E-state index in [0.29, 0.717) is 23.5 Å². The van der Waals surface area contributed by atoms with Crippen molar-refractivity contribution < 1.29 is 18.3 Å². The summed E-state index contributed by atoms with van der Waals surface area (Å²) < 4.78 is 42.2. The molecule has 0 fully saturated rings. The first-order chi connectivity index (χ1) is 14.7. The molecule has 6 heteroatoms. The molecule has 0 aliphatic heterocycles. The largest absolute Gasteiger partial charge is 0.418 e. The molecule has 2 aromatic carbocycles. The number of anilines is 1. The fourth-order valence-electron chi connectivity index (χ4n) is 4.65. The van der Waals surface area contributed by atoms with Crippen LogP contribution in [0.5, 0.6) is 0 Å². The van der Waals surface area contributed by atoms with Crippen LogP contribution in [0.1, 0.15) is 54.8 Å². The van der Waals surface area contributed by atoms with Gasteiger partial charge in [-0.2, -0.15) is 13.2 Å². The Morgan fingerprint density at radius 2 is 1.74 bits per heavy atom. The van der Waals surface area contributed by atoms with Gasteiger partial charge >= 0.3 is 6.18 Å². The van der Waals surface area contributed by atoms with E-state index in [4.69, 9.17) is 0 Å². The molecule has 2 N–H and O–H groups in total. The van der Waals surface area contributed by atoms with E-state index in [1.807, 2.05) is 49.4 Å². The molecule has 0 spiro atoms. The zero-order chi connectivity index (χ0) is 22.2. The minimum Gasteiger partial charge on any atom is -0.381 e. The van der Waals surface area contributed by atoms with Crippen molar-refractivity contribution in [3.63, 3.8) is 0 Å². The van der Waals surface area contributed by atoms with Gasteiger partial charge in [-0.05, 0) is 73.4 Å². The predicted octanol–water partition coefficient (Wildman–Crippen LogP) is 6.32. The van der Waals surface area contributed by atoms with Gasteiger partial charge in [0.05, 0.1) is 12.1 Å². The first-order valence-electron chi connectivity index (χ1n) is 10.7. The highest BCUT2D eigenvalue weighted by molar-refractivity contribution is 5.91. The van der Waals surface area contributed by atoms with Crippen molar-refractivity contribution in [3.8, 4) is 0 Å². The highest BCUT2D eigenvalue weighted by Gasteiger charge is 2.54. The summed E-state index contributed by atoms with van der Waals surface area (Å²) in [4.78, 5) is 4.43. The predicted molar refractivity (Wildman–Crippen MR) is 117 cm³/mol. The molecular weight excluding hydrogens is 401 g/mol. The number of pyridine rings is 1. The van der Waals surface area contributed by atoms with Crippen LogP contribution in [0.3, 0.4) is 0 Å². The third kappa shape index (κ3) is 4.26. The molecule has 3 atom stereocenters. The first kappa shape index (κ1) is 21.6. The maximum absolute atomic E-state index is 14.1. The van der Waals surface area contributed by atoms with E-state index in [1.54, 1.807) is 12.1 Å². The third-order valence-corrected chi connectivity index (χ3v) is 6.47. The van der Waals surface area contributed by atoms with E-state index >= 15 is 0 Å². The fourth-order valence-corrected chi connectivity index (χ4v) is 4.65. The number of rotatable bonds is 5. The summed E-state index contributed by atoms with van der Waals surface area (Å²) in [6, 6.07) is 16.6. The summed E-state index contributed by atoms with van der Waals surface area (Å²) in [6.07, 6.45) is -3.67. The zero-order valence-corrected chi connectivity index (χ0v) is 17.7. The van der Waals surface area contributed by atoms with Crippen molar-refractivity contribution in [2.24, 2.45) is 0 Å². The molecule has 3 nitrogen and oxygen atoms in total. The number of hydrogen-bond donors (Lipinski definition) is 2. The summed E-state index contributed by atoms with van der Waals surface area (Å²) >= 11 is 0. The number of benzene rings is 2. The molecule has 0 amide bonds. The number of alkyl halides is 3. The first-order valence-corrected chi connectivity index (χ1v) is 10.7.